The highest BCUT2D eigenvalue weighted by atomic mass is 19.1. The fourth-order valence-corrected chi connectivity index (χ4v) is 2.70. The molecule has 0 spiro atoms. The van der Waals surface area contributed by atoms with Crippen molar-refractivity contribution in [2.75, 3.05) is 12.3 Å². The molecule has 0 aliphatic carbocycles. The number of nitrogens with one attached hydrogen (secondary N) is 1. The Bertz CT molecular complexity index is 888. The van der Waals surface area contributed by atoms with Crippen LogP contribution in [0.4, 0.5) is 10.2 Å². The number of halogens is 1. The van der Waals surface area contributed by atoms with Gasteiger partial charge in [-0.3, -0.25) is 9.89 Å². The molecule has 0 saturated heterocycles. The average molecular weight is 339 g/mol. The minimum absolute atomic E-state index is 0.0988. The number of aliphatic hydroxyl groups excluding tert-OH is 1. The number of hydrogen-bond acceptors (Lipinski definition) is 4. The molecule has 0 bridgehead atoms. The molecular weight excluding hydrogens is 321 g/mol. The Morgan fingerprint density at radius 1 is 1.20 bits per heavy atom. The number of carbonyl (C=O) groups excluding carboxylic acids is 1. The van der Waals surface area contributed by atoms with Crippen molar-refractivity contribution in [3.63, 3.8) is 0 Å². The van der Waals surface area contributed by atoms with E-state index in [1.807, 2.05) is 6.07 Å². The Hall–Kier alpha value is -2.99. The van der Waals surface area contributed by atoms with E-state index >= 15 is 0 Å². The number of aromatic nitrogens is 2. The first-order valence-electron chi connectivity index (χ1n) is 7.94. The summed E-state index contributed by atoms with van der Waals surface area (Å²) in [5, 5.41) is 15.7. The molecule has 6 heteroatoms. The number of anilines is 1. The van der Waals surface area contributed by atoms with Crippen molar-refractivity contribution < 1.29 is 14.3 Å². The normalized spacial score (nSPS) is 10.8. The molecule has 0 aliphatic rings. The largest absolute Gasteiger partial charge is 0.396 e. The Labute approximate surface area is 144 Å². The van der Waals surface area contributed by atoms with Crippen LogP contribution in [0.1, 0.15) is 27.9 Å². The molecule has 0 saturated carbocycles. The number of aromatic amines is 1. The monoisotopic (exact) mass is 339 g/mol. The van der Waals surface area contributed by atoms with Gasteiger partial charge in [0.05, 0.1) is 5.56 Å². The zero-order valence-corrected chi connectivity index (χ0v) is 13.5. The molecule has 4 N–H and O–H groups in total. The van der Waals surface area contributed by atoms with Crippen LogP contribution < -0.4 is 5.73 Å². The lowest BCUT2D eigenvalue weighted by Gasteiger charge is -2.06. The third kappa shape index (κ3) is 3.59. The second-order valence-electron chi connectivity index (χ2n) is 5.72. The average Bonchev–Trinajstić information content (AvgIpc) is 3.01. The summed E-state index contributed by atoms with van der Waals surface area (Å²) in [6.45, 7) is 0.0988. The Morgan fingerprint density at radius 3 is 2.68 bits per heavy atom. The minimum atomic E-state index is -0.364. The van der Waals surface area contributed by atoms with Gasteiger partial charge in [0.15, 0.2) is 5.78 Å². The first kappa shape index (κ1) is 16.9. The van der Waals surface area contributed by atoms with Crippen LogP contribution in [-0.2, 0) is 6.42 Å². The summed E-state index contributed by atoms with van der Waals surface area (Å²) in [5.74, 6) is -0.446. The second-order valence-corrected chi connectivity index (χ2v) is 5.72. The van der Waals surface area contributed by atoms with Crippen LogP contribution in [0.2, 0.25) is 0 Å². The molecule has 0 unspecified atom stereocenters. The summed E-state index contributed by atoms with van der Waals surface area (Å²) in [7, 11) is 0. The third-order valence-corrected chi connectivity index (χ3v) is 3.95. The fraction of sp³-hybridized carbons (Fsp3) is 0.158. The van der Waals surface area contributed by atoms with Gasteiger partial charge >= 0.3 is 0 Å². The van der Waals surface area contributed by atoms with Crippen LogP contribution in [0.3, 0.4) is 0 Å². The Balaban J connectivity index is 1.98. The number of carbonyl (C=O) groups is 1. The topological polar surface area (TPSA) is 92.0 Å². The summed E-state index contributed by atoms with van der Waals surface area (Å²) in [5.41, 5.74) is 8.64. The van der Waals surface area contributed by atoms with Gasteiger partial charge in [-0.05, 0) is 48.7 Å². The molecule has 0 amide bonds. The third-order valence-electron chi connectivity index (χ3n) is 3.95. The van der Waals surface area contributed by atoms with E-state index < -0.39 is 0 Å². The maximum Gasteiger partial charge on any atom is 0.199 e. The quantitative estimate of drug-likeness (QED) is 0.602. The van der Waals surface area contributed by atoms with Gasteiger partial charge in [-0.2, -0.15) is 5.10 Å². The van der Waals surface area contributed by atoms with Crippen molar-refractivity contribution in [3.05, 3.63) is 71.0 Å². The molecule has 0 aliphatic heterocycles. The van der Waals surface area contributed by atoms with Crippen LogP contribution in [0, 0.1) is 5.82 Å². The number of aliphatic hydroxyl groups is 1. The molecular formula is C19H18FN3O2. The van der Waals surface area contributed by atoms with Crippen molar-refractivity contribution in [2.24, 2.45) is 0 Å². The molecule has 128 valence electrons. The van der Waals surface area contributed by atoms with Gasteiger partial charge in [-0.25, -0.2) is 4.39 Å². The van der Waals surface area contributed by atoms with Gasteiger partial charge in [-0.15, -0.1) is 0 Å². The SMILES string of the molecule is Nc1[nH]nc(-c2ccc(F)cc2)c1C(=O)c1cccc(CCCO)c1. The summed E-state index contributed by atoms with van der Waals surface area (Å²) >= 11 is 0. The van der Waals surface area contributed by atoms with Gasteiger partial charge in [-0.1, -0.05) is 18.2 Å². The van der Waals surface area contributed by atoms with Crippen molar-refractivity contribution in [2.45, 2.75) is 12.8 Å². The standard InChI is InChI=1S/C19H18FN3O2/c20-15-8-6-13(7-9-15)17-16(19(21)23-22-17)18(25)14-5-1-3-12(11-14)4-2-10-24/h1,3,5-9,11,24H,2,4,10H2,(H3,21,22,23). The number of nitrogen functional groups attached to an aromatic ring is 1. The lowest BCUT2D eigenvalue weighted by atomic mass is 9.97. The van der Waals surface area contributed by atoms with E-state index in [0.717, 1.165) is 5.56 Å². The highest BCUT2D eigenvalue weighted by Crippen LogP contribution is 2.28. The zero-order valence-electron chi connectivity index (χ0n) is 13.5. The number of aryl methyl sites for hydroxylation is 1. The molecule has 0 atom stereocenters. The number of H-pyrrole nitrogens is 1. The highest BCUT2D eigenvalue weighted by molar-refractivity contribution is 6.15. The first-order valence-corrected chi connectivity index (χ1v) is 7.94. The van der Waals surface area contributed by atoms with Crippen LogP contribution in [-0.4, -0.2) is 27.7 Å². The van der Waals surface area contributed by atoms with E-state index in [1.165, 1.54) is 12.1 Å². The first-order chi connectivity index (χ1) is 12.1. The second kappa shape index (κ2) is 7.27. The number of benzene rings is 2. The van der Waals surface area contributed by atoms with E-state index in [1.54, 1.807) is 30.3 Å². The molecule has 1 aromatic heterocycles. The summed E-state index contributed by atoms with van der Waals surface area (Å²) in [6.07, 6.45) is 1.32. The Morgan fingerprint density at radius 2 is 1.96 bits per heavy atom. The zero-order chi connectivity index (χ0) is 17.8. The van der Waals surface area contributed by atoms with Gasteiger partial charge in [0.25, 0.3) is 0 Å². The van der Waals surface area contributed by atoms with Gasteiger partial charge in [0, 0.05) is 17.7 Å². The fourth-order valence-electron chi connectivity index (χ4n) is 2.70. The summed E-state index contributed by atoms with van der Waals surface area (Å²) < 4.78 is 13.1. The van der Waals surface area contributed by atoms with E-state index in [-0.39, 0.29) is 29.6 Å². The number of nitrogens with two attached hydrogens (primary N) is 1. The minimum Gasteiger partial charge on any atom is -0.396 e. The molecule has 2 aromatic carbocycles. The summed E-state index contributed by atoms with van der Waals surface area (Å²) in [6, 6.07) is 12.9. The Kier molecular flexibility index (Phi) is 4.90. The smallest absolute Gasteiger partial charge is 0.199 e. The molecule has 3 aromatic rings. The predicted molar refractivity (Wildman–Crippen MR) is 93.7 cm³/mol. The maximum atomic E-state index is 13.1. The van der Waals surface area contributed by atoms with Crippen LogP contribution in [0.25, 0.3) is 11.3 Å². The molecule has 5 nitrogen and oxygen atoms in total. The number of nitrogens with zero attached hydrogens (tertiary/aromatic N) is 1. The van der Waals surface area contributed by atoms with Crippen molar-refractivity contribution in [3.8, 4) is 11.3 Å². The molecule has 1 heterocycles. The number of hydrogen-bond donors (Lipinski definition) is 3. The van der Waals surface area contributed by atoms with Crippen LogP contribution in [0.15, 0.2) is 48.5 Å². The van der Waals surface area contributed by atoms with Crippen molar-refractivity contribution in [1.29, 1.82) is 0 Å². The van der Waals surface area contributed by atoms with Gasteiger partial charge in [0.2, 0.25) is 0 Å². The lowest BCUT2D eigenvalue weighted by Crippen LogP contribution is -2.06. The van der Waals surface area contributed by atoms with Crippen molar-refractivity contribution in [1.82, 2.24) is 10.2 Å². The van der Waals surface area contributed by atoms with E-state index in [4.69, 9.17) is 10.8 Å². The van der Waals surface area contributed by atoms with E-state index in [0.29, 0.717) is 29.7 Å². The van der Waals surface area contributed by atoms with Gasteiger partial charge in [0.1, 0.15) is 17.3 Å². The molecule has 25 heavy (non-hydrogen) atoms. The lowest BCUT2D eigenvalue weighted by molar-refractivity contribution is 0.104. The van der Waals surface area contributed by atoms with Gasteiger partial charge < -0.3 is 10.8 Å². The number of rotatable bonds is 6. The molecule has 0 radical (unpaired) electrons. The van der Waals surface area contributed by atoms with Crippen molar-refractivity contribution >= 4 is 11.6 Å². The molecule has 0 fully saturated rings. The maximum absolute atomic E-state index is 13.1. The predicted octanol–water partition coefficient (Wildman–Crippen LogP) is 2.95. The van der Waals surface area contributed by atoms with E-state index in [2.05, 4.69) is 10.2 Å². The highest BCUT2D eigenvalue weighted by Gasteiger charge is 2.21. The number of ketones is 1. The van der Waals surface area contributed by atoms with Crippen LogP contribution >= 0.6 is 0 Å². The molecule has 3 rings (SSSR count). The van der Waals surface area contributed by atoms with E-state index in [9.17, 15) is 9.18 Å². The van der Waals surface area contributed by atoms with Crippen LogP contribution in [0.5, 0.6) is 0 Å². The summed E-state index contributed by atoms with van der Waals surface area (Å²) in [4.78, 5) is 13.0.